The van der Waals surface area contributed by atoms with E-state index in [4.69, 9.17) is 28.3 Å². The Morgan fingerprint density at radius 2 is 1.77 bits per heavy atom. The molecule has 4 heterocycles. The number of hydrogen-bond acceptors (Lipinski definition) is 9. The Morgan fingerprint density at radius 3 is 2.43 bits per heavy atom. The van der Waals surface area contributed by atoms with E-state index in [2.05, 4.69) is 20.3 Å². The highest BCUT2D eigenvalue weighted by Gasteiger charge is 2.53. The molecule has 4 aromatic rings. The maximum atomic E-state index is 14.5. The van der Waals surface area contributed by atoms with Crippen molar-refractivity contribution in [2.75, 3.05) is 24.6 Å². The molecule has 2 amide bonds. The molecule has 2 aromatic carbocycles. The number of amides is 2. The summed E-state index contributed by atoms with van der Waals surface area (Å²) in [6, 6.07) is 11.0. The van der Waals surface area contributed by atoms with Crippen LogP contribution in [-0.2, 0) is 31.6 Å². The lowest BCUT2D eigenvalue weighted by Crippen LogP contribution is -2.49. The predicted molar refractivity (Wildman–Crippen MR) is 174 cm³/mol. The zero-order valence-electron chi connectivity index (χ0n) is 25.1. The molecule has 0 radical (unpaired) electrons. The number of benzene rings is 2. The average molecular weight is 701 g/mol. The molecule has 3 atom stereocenters. The van der Waals surface area contributed by atoms with E-state index < -0.39 is 46.1 Å². The second-order valence-electron chi connectivity index (χ2n) is 11.6. The van der Waals surface area contributed by atoms with E-state index in [1.165, 1.54) is 28.1 Å². The quantitative estimate of drug-likeness (QED) is 0.225. The number of fused-ring (bicyclic) bond motifs is 1. The van der Waals surface area contributed by atoms with Gasteiger partial charge in [-0.3, -0.25) is 14.2 Å². The van der Waals surface area contributed by atoms with E-state index in [0.717, 1.165) is 21.0 Å². The minimum absolute atomic E-state index is 0.0544. The van der Waals surface area contributed by atoms with Crippen molar-refractivity contribution in [1.82, 2.24) is 29.1 Å². The zero-order chi connectivity index (χ0) is 33.5. The van der Waals surface area contributed by atoms with Gasteiger partial charge in [0.05, 0.1) is 24.6 Å². The first kappa shape index (κ1) is 33.0. The normalized spacial score (nSPS) is 20.4. The van der Waals surface area contributed by atoms with E-state index in [1.54, 1.807) is 31.5 Å². The summed E-state index contributed by atoms with van der Waals surface area (Å²) >= 11 is 12.6. The molecule has 2 aliphatic rings. The number of rotatable bonds is 10. The first-order valence-corrected chi connectivity index (χ1v) is 17.0. The molecule has 246 valence electrons. The number of imidazole rings is 1. The molecule has 2 aromatic heterocycles. The zero-order valence-corrected chi connectivity index (χ0v) is 27.5. The minimum Gasteiger partial charge on any atom is -0.394 e. The number of sulfonamides is 1. The van der Waals surface area contributed by atoms with Crippen LogP contribution in [0.2, 0.25) is 10.0 Å². The Kier molecular flexibility index (Phi) is 9.09. The highest BCUT2D eigenvalue weighted by molar-refractivity contribution is 7.89. The van der Waals surface area contributed by atoms with Crippen molar-refractivity contribution in [2.45, 2.75) is 48.9 Å². The number of nitrogens with one attached hydrogen (secondary N) is 1. The number of hydrogen-bond donors (Lipinski definition) is 3. The molecule has 1 saturated heterocycles. The molecule has 0 saturated carbocycles. The van der Waals surface area contributed by atoms with E-state index in [1.807, 2.05) is 24.3 Å². The molecule has 0 spiro atoms. The van der Waals surface area contributed by atoms with Gasteiger partial charge in [-0.1, -0.05) is 47.5 Å². The third-order valence-corrected chi connectivity index (χ3v) is 10.7. The van der Waals surface area contributed by atoms with Crippen molar-refractivity contribution in [3.8, 4) is 11.1 Å². The van der Waals surface area contributed by atoms with Crippen LogP contribution < -0.4 is 10.2 Å². The maximum Gasteiger partial charge on any atom is 0.261 e. The Balaban J connectivity index is 1.41. The number of carbonyl (C=O) groups excluding carboxylic acids is 2. The van der Waals surface area contributed by atoms with E-state index >= 15 is 0 Å². The Morgan fingerprint density at radius 1 is 1.09 bits per heavy atom. The maximum absolute atomic E-state index is 14.5. The third kappa shape index (κ3) is 6.12. The summed E-state index contributed by atoms with van der Waals surface area (Å²) in [6.07, 6.45) is 5.59. The van der Waals surface area contributed by atoms with Gasteiger partial charge in [0.15, 0.2) is 5.03 Å². The number of aromatic nitrogens is 4. The molecule has 2 aliphatic heterocycles. The van der Waals surface area contributed by atoms with Gasteiger partial charge in [-0.05, 0) is 49.1 Å². The number of aliphatic hydroxyl groups is 2. The SMILES string of the molecule is C[C@@]1(Cc2ccc(-c3cncnc3)cc2)C(=O)N(c2cc(Cl)cc(Cl)c2)c2ncc(S(=O)(=O)N3CCC[C@H]3C(=O)NCC(O)CO)n21. The topological polar surface area (TPSA) is 171 Å². The molecule has 1 fully saturated rings. The van der Waals surface area contributed by atoms with E-state index in [9.17, 15) is 23.1 Å². The van der Waals surface area contributed by atoms with Crippen LogP contribution in [0, 0.1) is 0 Å². The van der Waals surface area contributed by atoms with Gasteiger partial charge in [0.25, 0.3) is 15.9 Å². The van der Waals surface area contributed by atoms with Crippen molar-refractivity contribution in [3.63, 3.8) is 0 Å². The van der Waals surface area contributed by atoms with Gasteiger partial charge in [-0.2, -0.15) is 4.31 Å². The predicted octanol–water partition coefficient (Wildman–Crippen LogP) is 2.91. The van der Waals surface area contributed by atoms with Crippen LogP contribution in [0.1, 0.15) is 25.3 Å². The van der Waals surface area contributed by atoms with Crippen LogP contribution in [-0.4, -0.2) is 86.1 Å². The molecular formula is C31H31Cl2N7O6S. The summed E-state index contributed by atoms with van der Waals surface area (Å²) in [6.45, 7) is 0.919. The second kappa shape index (κ2) is 12.9. The van der Waals surface area contributed by atoms with Crippen LogP contribution in [0.25, 0.3) is 11.1 Å². The van der Waals surface area contributed by atoms with Crippen molar-refractivity contribution in [3.05, 3.63) is 83.0 Å². The molecule has 13 nitrogen and oxygen atoms in total. The van der Waals surface area contributed by atoms with Crippen LogP contribution in [0.5, 0.6) is 0 Å². The van der Waals surface area contributed by atoms with Crippen LogP contribution in [0.3, 0.4) is 0 Å². The number of halogens is 2. The molecule has 0 aliphatic carbocycles. The van der Waals surface area contributed by atoms with Gasteiger partial charge in [0.2, 0.25) is 11.9 Å². The van der Waals surface area contributed by atoms with Crippen LogP contribution in [0.15, 0.2) is 72.4 Å². The minimum atomic E-state index is -4.39. The van der Waals surface area contributed by atoms with Crippen LogP contribution in [0.4, 0.5) is 11.6 Å². The number of anilines is 2. The molecule has 16 heteroatoms. The summed E-state index contributed by atoms with van der Waals surface area (Å²) in [5.74, 6) is -0.999. The van der Waals surface area contributed by atoms with Gasteiger partial charge < -0.3 is 15.5 Å². The molecule has 47 heavy (non-hydrogen) atoms. The molecule has 0 bridgehead atoms. The summed E-state index contributed by atoms with van der Waals surface area (Å²) < 4.78 is 31.3. The van der Waals surface area contributed by atoms with Gasteiger partial charge in [0.1, 0.15) is 17.9 Å². The summed E-state index contributed by atoms with van der Waals surface area (Å²) in [5, 5.41) is 21.6. The first-order valence-electron chi connectivity index (χ1n) is 14.8. The molecule has 6 rings (SSSR count). The smallest absolute Gasteiger partial charge is 0.261 e. The van der Waals surface area contributed by atoms with Crippen molar-refractivity contribution >= 4 is 56.7 Å². The monoisotopic (exact) mass is 699 g/mol. The van der Waals surface area contributed by atoms with Gasteiger partial charge in [-0.25, -0.2) is 28.3 Å². The molecule has 3 N–H and O–H groups in total. The lowest BCUT2D eigenvalue weighted by Gasteiger charge is -2.29. The fourth-order valence-electron chi connectivity index (χ4n) is 6.09. The average Bonchev–Trinajstić information content (AvgIpc) is 3.77. The number of aliphatic hydroxyl groups excluding tert-OH is 2. The van der Waals surface area contributed by atoms with E-state index in [0.29, 0.717) is 12.1 Å². The summed E-state index contributed by atoms with van der Waals surface area (Å²) in [5.41, 5.74) is 1.25. The Hall–Kier alpha value is -3.92. The highest BCUT2D eigenvalue weighted by Crippen LogP contribution is 2.45. The Labute approximate surface area is 280 Å². The summed E-state index contributed by atoms with van der Waals surface area (Å²) in [4.78, 5) is 41.4. The summed E-state index contributed by atoms with van der Waals surface area (Å²) in [7, 11) is -4.39. The number of carbonyl (C=O) groups is 2. The van der Waals surface area contributed by atoms with E-state index in [-0.39, 0.29) is 47.0 Å². The van der Waals surface area contributed by atoms with Crippen LogP contribution >= 0.6 is 23.2 Å². The van der Waals surface area contributed by atoms with Crippen molar-refractivity contribution < 1.29 is 28.2 Å². The van der Waals surface area contributed by atoms with Crippen molar-refractivity contribution in [1.29, 1.82) is 0 Å². The Bertz CT molecular complexity index is 1910. The largest absolute Gasteiger partial charge is 0.394 e. The lowest BCUT2D eigenvalue weighted by atomic mass is 9.91. The number of nitrogens with zero attached hydrogens (tertiary/aromatic N) is 6. The first-order chi connectivity index (χ1) is 22.4. The van der Waals surface area contributed by atoms with Gasteiger partial charge in [0, 0.05) is 47.5 Å². The lowest BCUT2D eigenvalue weighted by molar-refractivity contribution is -0.125. The second-order valence-corrected chi connectivity index (χ2v) is 14.3. The third-order valence-electron chi connectivity index (χ3n) is 8.37. The molecule has 1 unspecified atom stereocenters. The molecular weight excluding hydrogens is 669 g/mol. The van der Waals surface area contributed by atoms with Gasteiger partial charge >= 0.3 is 0 Å². The van der Waals surface area contributed by atoms with Gasteiger partial charge in [-0.15, -0.1) is 0 Å². The standard InChI is InChI=1S/C31H31Cl2N7O6S/c1-31(12-19-4-6-20(7-5-19)21-13-34-18-35-14-21)29(44)39(24-10-22(32)9-23(33)11-24)30-37-16-27(40(30)31)47(45,46)38-8-2-3-26(38)28(43)36-15-25(42)17-41/h4-7,9-11,13-14,16,18,25-26,41-42H,2-3,8,12,15,17H2,1H3,(H,36,43)/t25?,26-,31+/m0/s1. The highest BCUT2D eigenvalue weighted by atomic mass is 35.5. The fraction of sp³-hybridized carbons (Fsp3) is 0.323. The van der Waals surface area contributed by atoms with Crippen molar-refractivity contribution in [2.24, 2.45) is 0 Å². The fourth-order valence-corrected chi connectivity index (χ4v) is 8.45.